The van der Waals surface area contributed by atoms with Gasteiger partial charge in [0.25, 0.3) is 5.96 Å². The zero-order valence-corrected chi connectivity index (χ0v) is 10.2. The zero-order valence-electron chi connectivity index (χ0n) is 10.2. The van der Waals surface area contributed by atoms with E-state index in [9.17, 15) is 0 Å². The van der Waals surface area contributed by atoms with Crippen molar-refractivity contribution in [1.82, 2.24) is 0 Å². The highest BCUT2D eigenvalue weighted by Gasteiger charge is 2.56. The van der Waals surface area contributed by atoms with Crippen LogP contribution in [0.1, 0.15) is 0 Å². The summed E-state index contributed by atoms with van der Waals surface area (Å²) in [6.45, 7) is 10.3. The second kappa shape index (κ2) is 3.18. The van der Waals surface area contributed by atoms with Crippen LogP contribution < -0.4 is 10.6 Å². The molecule has 0 aromatic carbocycles. The molecule has 0 atom stereocenters. The summed E-state index contributed by atoms with van der Waals surface area (Å²) in [5.41, 5.74) is 5.54. The van der Waals surface area contributed by atoms with Gasteiger partial charge in [0.1, 0.15) is 52.4 Å². The number of nitrogens with two attached hydrogens (primary N) is 1. The van der Waals surface area contributed by atoms with E-state index in [1.165, 1.54) is 53.1 Å². The van der Waals surface area contributed by atoms with Crippen molar-refractivity contribution in [3.63, 3.8) is 0 Å². The molecular weight excluding hydrogens is 202 g/mol. The van der Waals surface area contributed by atoms with Gasteiger partial charge in [-0.25, -0.2) is 5.41 Å². The Morgan fingerprint density at radius 1 is 1.12 bits per heavy atom. The molecule has 4 fully saturated rings. The van der Waals surface area contributed by atoms with Crippen LogP contribution in [-0.4, -0.2) is 80.4 Å². The maximum absolute atomic E-state index is 7.45. The minimum atomic E-state index is 0.337. The molecule has 0 radical (unpaired) electrons. The summed E-state index contributed by atoms with van der Waals surface area (Å²) in [5, 5.41) is 7.45. The lowest BCUT2D eigenvalue weighted by Crippen LogP contribution is -3.26. The molecule has 4 N–H and O–H groups in total. The lowest BCUT2D eigenvalue weighted by Gasteiger charge is -2.58. The molecule has 4 aliphatic rings. The molecule has 90 valence electrons. The minimum absolute atomic E-state index is 0.337. The smallest absolute Gasteiger partial charge is 0.290 e. The van der Waals surface area contributed by atoms with Crippen LogP contribution in [0.15, 0.2) is 0 Å². The van der Waals surface area contributed by atoms with Crippen molar-refractivity contribution >= 4 is 5.96 Å². The van der Waals surface area contributed by atoms with Crippen LogP contribution in [0, 0.1) is 5.41 Å². The van der Waals surface area contributed by atoms with Gasteiger partial charge in [-0.2, -0.15) is 0 Å². The number of fused-ring (bicyclic) bond motifs is 3. The maximum atomic E-state index is 7.45. The lowest BCUT2D eigenvalue weighted by molar-refractivity contribution is -1.11. The highest BCUT2D eigenvalue weighted by Crippen LogP contribution is 2.28. The topological polar surface area (TPSA) is 54.3 Å². The molecule has 0 aromatic rings. The van der Waals surface area contributed by atoms with Crippen molar-refractivity contribution in [2.24, 2.45) is 5.73 Å². The summed E-state index contributed by atoms with van der Waals surface area (Å²) in [7, 11) is 2.40. The Morgan fingerprint density at radius 2 is 1.62 bits per heavy atom. The molecule has 0 unspecified atom stereocenters. The molecule has 0 aliphatic carbocycles. The first-order chi connectivity index (χ1) is 7.53. The number of hydrogen-bond donors (Lipinski definition) is 3. The first-order valence-electron chi connectivity index (χ1n) is 6.42. The fourth-order valence-corrected chi connectivity index (χ4v) is 3.66. The zero-order chi connectivity index (χ0) is 11.4. The van der Waals surface area contributed by atoms with Crippen LogP contribution in [0.4, 0.5) is 0 Å². The van der Waals surface area contributed by atoms with E-state index >= 15 is 0 Å². The number of guanidine groups is 1. The van der Waals surface area contributed by atoms with Crippen molar-refractivity contribution in [2.75, 3.05) is 59.4 Å². The second-order valence-electron chi connectivity index (χ2n) is 6.26. The van der Waals surface area contributed by atoms with Crippen LogP contribution in [-0.2, 0) is 0 Å². The standard InChI is InChI=1S/C11H23N5/c1-15-2-5-16(6-3-15,7-4-15)10-8-14(9-10)11(12)13/h10H,2-9H2,1H3,(H3,12,13)/q+2/p+1. The molecule has 5 nitrogen and oxygen atoms in total. The van der Waals surface area contributed by atoms with Gasteiger partial charge < -0.3 is 10.2 Å². The number of hydrogen-bond acceptors (Lipinski definition) is 1. The summed E-state index contributed by atoms with van der Waals surface area (Å²) >= 11 is 0. The van der Waals surface area contributed by atoms with E-state index < -0.39 is 0 Å². The Balaban J connectivity index is 1.66. The largest absolute Gasteiger partial charge is 0.338 e. The predicted octanol–water partition coefficient (Wildman–Crippen LogP) is -2.56. The van der Waals surface area contributed by atoms with Gasteiger partial charge in [-0.15, -0.1) is 0 Å². The predicted molar refractivity (Wildman–Crippen MR) is 62.0 cm³/mol. The number of quaternary nitrogens is 3. The molecule has 0 amide bonds. The fourth-order valence-electron chi connectivity index (χ4n) is 3.66. The first-order valence-corrected chi connectivity index (χ1v) is 6.42. The van der Waals surface area contributed by atoms with Gasteiger partial charge in [-0.05, 0) is 0 Å². The summed E-state index contributed by atoms with van der Waals surface area (Å²) in [5.74, 6) is 0.337. The monoisotopic (exact) mass is 226 g/mol. The molecule has 0 spiro atoms. The Hall–Kier alpha value is -0.650. The third kappa shape index (κ3) is 1.38. The quantitative estimate of drug-likeness (QED) is 0.257. The molecule has 4 saturated heterocycles. The average molecular weight is 226 g/mol. The van der Waals surface area contributed by atoms with Crippen LogP contribution >= 0.6 is 0 Å². The second-order valence-corrected chi connectivity index (χ2v) is 6.26. The highest BCUT2D eigenvalue weighted by atomic mass is 15.6. The first kappa shape index (κ1) is 10.5. The lowest BCUT2D eigenvalue weighted by atomic mass is 9.98. The van der Waals surface area contributed by atoms with Crippen LogP contribution in [0.5, 0.6) is 0 Å². The highest BCUT2D eigenvalue weighted by molar-refractivity contribution is 5.64. The van der Waals surface area contributed by atoms with E-state index in [-0.39, 0.29) is 0 Å². The minimum Gasteiger partial charge on any atom is -0.338 e. The normalized spacial score (nSPS) is 51.1. The number of nitrogens with zero attached hydrogens (tertiary/aromatic N) is 2. The van der Waals surface area contributed by atoms with E-state index in [4.69, 9.17) is 11.1 Å². The van der Waals surface area contributed by atoms with E-state index in [2.05, 4.69) is 7.05 Å². The van der Waals surface area contributed by atoms with E-state index in [0.29, 0.717) is 5.96 Å². The number of likely N-dealkylation sites (tertiary alicyclic amines) is 1. The van der Waals surface area contributed by atoms with Crippen molar-refractivity contribution in [3.8, 4) is 0 Å². The number of nitrogens with one attached hydrogen (secondary N) is 2. The van der Waals surface area contributed by atoms with Gasteiger partial charge in [0.05, 0.1) is 7.05 Å². The molecule has 0 saturated carbocycles. The Bertz CT molecular complexity index is 296. The summed E-state index contributed by atoms with van der Waals surface area (Å²) in [4.78, 5) is 1.20. The molecule has 4 heterocycles. The van der Waals surface area contributed by atoms with Crippen LogP contribution in [0.2, 0.25) is 0 Å². The Morgan fingerprint density at radius 3 is 2.06 bits per heavy atom. The molecule has 4 aliphatic heterocycles. The van der Waals surface area contributed by atoms with Crippen molar-refractivity contribution in [2.45, 2.75) is 6.04 Å². The Labute approximate surface area is 97.1 Å². The van der Waals surface area contributed by atoms with Crippen LogP contribution in [0.3, 0.4) is 0 Å². The molecule has 4 rings (SSSR count). The van der Waals surface area contributed by atoms with Gasteiger partial charge in [-0.3, -0.25) is 9.38 Å². The van der Waals surface area contributed by atoms with E-state index in [1.807, 2.05) is 0 Å². The molecular formula is C11H24N5+3. The molecule has 2 bridgehead atoms. The van der Waals surface area contributed by atoms with E-state index in [0.717, 1.165) is 19.1 Å². The van der Waals surface area contributed by atoms with Crippen molar-refractivity contribution in [3.05, 3.63) is 0 Å². The number of likely N-dealkylation sites (N-methyl/N-ethyl adjacent to an activating group) is 1. The van der Waals surface area contributed by atoms with Gasteiger partial charge in [-0.1, -0.05) is 0 Å². The molecule has 0 aromatic heterocycles. The van der Waals surface area contributed by atoms with Crippen LogP contribution in [0.25, 0.3) is 0 Å². The molecule has 5 heteroatoms. The number of rotatable bonds is 1. The Kier molecular flexibility index (Phi) is 2.09. The third-order valence-electron chi connectivity index (χ3n) is 5.38. The number of piperazine rings is 3. The summed E-state index contributed by atoms with van der Waals surface area (Å²) in [6, 6.07) is 0.785. The van der Waals surface area contributed by atoms with Gasteiger partial charge in [0, 0.05) is 0 Å². The molecule has 16 heavy (non-hydrogen) atoms. The van der Waals surface area contributed by atoms with Gasteiger partial charge in [0.2, 0.25) is 0 Å². The van der Waals surface area contributed by atoms with Crippen molar-refractivity contribution in [1.29, 1.82) is 5.41 Å². The average Bonchev–Trinajstić information content (AvgIpc) is 2.17. The van der Waals surface area contributed by atoms with Gasteiger partial charge in [0.15, 0.2) is 6.04 Å². The third-order valence-corrected chi connectivity index (χ3v) is 5.38. The SMILES string of the molecule is C[N+]12CC[N+](C3C[NH+](C(=N)N)C3)(CC1)CC2. The summed E-state index contributed by atoms with van der Waals surface area (Å²) < 4.78 is 2.64. The fraction of sp³-hybridized carbons (Fsp3) is 0.909. The van der Waals surface area contributed by atoms with E-state index in [1.54, 1.807) is 0 Å². The summed E-state index contributed by atoms with van der Waals surface area (Å²) in [6.07, 6.45) is 0. The maximum Gasteiger partial charge on any atom is 0.290 e. The van der Waals surface area contributed by atoms with Crippen molar-refractivity contribution < 1.29 is 13.9 Å². The van der Waals surface area contributed by atoms with Gasteiger partial charge >= 0.3 is 0 Å².